The number of nitrogens with one attached hydrogen (secondary N) is 1. The van der Waals surface area contributed by atoms with Gasteiger partial charge < -0.3 is 19.6 Å². The Bertz CT molecular complexity index is 1210. The molecule has 3 aromatic rings. The highest BCUT2D eigenvalue weighted by molar-refractivity contribution is 5.87. The fraction of sp³-hybridized carbons (Fsp3) is 0.448. The van der Waals surface area contributed by atoms with E-state index in [9.17, 15) is 9.59 Å². The normalized spacial score (nSPS) is 12.9. The second kappa shape index (κ2) is 12.0. The van der Waals surface area contributed by atoms with Crippen LogP contribution in [0.25, 0.3) is 11.4 Å². The van der Waals surface area contributed by atoms with Crippen molar-refractivity contribution in [3.8, 4) is 11.4 Å². The number of aromatic nitrogens is 2. The Morgan fingerprint density at radius 1 is 1.05 bits per heavy atom. The molecule has 0 bridgehead atoms. The highest BCUT2D eigenvalue weighted by Gasteiger charge is 2.29. The Hall–Kier alpha value is -3.68. The second-order valence-electron chi connectivity index (χ2n) is 9.89. The van der Waals surface area contributed by atoms with Gasteiger partial charge in [-0.15, -0.1) is 0 Å². The minimum Gasteiger partial charge on any atom is -0.355 e. The summed E-state index contributed by atoms with van der Waals surface area (Å²) in [6, 6.07) is 14.3. The average Bonchev–Trinajstić information content (AvgIpc) is 3.52. The van der Waals surface area contributed by atoms with Crippen LogP contribution >= 0.6 is 0 Å². The molecule has 8 nitrogen and oxygen atoms in total. The van der Waals surface area contributed by atoms with Crippen LogP contribution in [0.3, 0.4) is 0 Å². The number of hydrogen-bond acceptors (Lipinski definition) is 6. The van der Waals surface area contributed by atoms with Gasteiger partial charge in [-0.05, 0) is 61.1 Å². The predicted molar refractivity (Wildman–Crippen MR) is 144 cm³/mol. The maximum absolute atomic E-state index is 13.5. The van der Waals surface area contributed by atoms with E-state index in [0.29, 0.717) is 18.3 Å². The standard InChI is InChI=1S/C29H37N5O3/c1-5-6-9-14-30-27(35)18-34(26-13-12-24(15-20(26)2)29-31-21(3)37-32-29)19-28(36)33(4)25-16-22-10-7-8-11-23(22)17-25/h7-8,10-13,15,25H,5-6,9,14,16-19H2,1-4H3,(H,30,35). The van der Waals surface area contributed by atoms with Gasteiger partial charge in [0.05, 0.1) is 13.1 Å². The van der Waals surface area contributed by atoms with Crippen LogP contribution in [0.4, 0.5) is 5.69 Å². The third-order valence-corrected chi connectivity index (χ3v) is 7.06. The molecule has 0 fully saturated rings. The molecule has 0 atom stereocenters. The smallest absolute Gasteiger partial charge is 0.242 e. The lowest BCUT2D eigenvalue weighted by Gasteiger charge is -2.30. The summed E-state index contributed by atoms with van der Waals surface area (Å²) in [5.41, 5.74) is 5.21. The first-order valence-electron chi connectivity index (χ1n) is 13.1. The molecule has 2 aromatic carbocycles. The lowest BCUT2D eigenvalue weighted by Crippen LogP contribution is -2.46. The number of nitrogens with zero attached hydrogens (tertiary/aromatic N) is 4. The molecule has 1 aliphatic rings. The van der Waals surface area contributed by atoms with Crippen molar-refractivity contribution in [2.45, 2.75) is 58.9 Å². The average molecular weight is 504 g/mol. The number of anilines is 1. The van der Waals surface area contributed by atoms with Gasteiger partial charge in [0.15, 0.2) is 0 Å². The van der Waals surface area contributed by atoms with E-state index in [1.807, 2.05) is 54.1 Å². The van der Waals surface area contributed by atoms with Crippen LogP contribution in [-0.4, -0.2) is 59.6 Å². The van der Waals surface area contributed by atoms with Gasteiger partial charge in [0.2, 0.25) is 23.5 Å². The zero-order valence-electron chi connectivity index (χ0n) is 22.3. The molecule has 196 valence electrons. The van der Waals surface area contributed by atoms with Gasteiger partial charge in [-0.2, -0.15) is 4.98 Å². The first-order valence-corrected chi connectivity index (χ1v) is 13.1. The van der Waals surface area contributed by atoms with Crippen molar-refractivity contribution in [3.63, 3.8) is 0 Å². The number of hydrogen-bond donors (Lipinski definition) is 1. The van der Waals surface area contributed by atoms with Crippen molar-refractivity contribution in [1.82, 2.24) is 20.4 Å². The minimum absolute atomic E-state index is 0.00569. The molecule has 0 saturated heterocycles. The monoisotopic (exact) mass is 503 g/mol. The Kier molecular flexibility index (Phi) is 8.58. The van der Waals surface area contributed by atoms with Gasteiger partial charge >= 0.3 is 0 Å². The van der Waals surface area contributed by atoms with E-state index < -0.39 is 0 Å². The fourth-order valence-electron chi connectivity index (χ4n) is 4.91. The largest absolute Gasteiger partial charge is 0.355 e. The molecule has 37 heavy (non-hydrogen) atoms. The number of aryl methyl sites for hydroxylation is 2. The number of benzene rings is 2. The van der Waals surface area contributed by atoms with E-state index in [1.54, 1.807) is 6.92 Å². The highest BCUT2D eigenvalue weighted by atomic mass is 16.5. The van der Waals surface area contributed by atoms with Crippen molar-refractivity contribution < 1.29 is 14.1 Å². The lowest BCUT2D eigenvalue weighted by molar-refractivity contribution is -0.130. The molecule has 4 rings (SSSR count). The number of amides is 2. The number of carbonyl (C=O) groups excluding carboxylic acids is 2. The van der Waals surface area contributed by atoms with Gasteiger partial charge in [-0.3, -0.25) is 9.59 Å². The second-order valence-corrected chi connectivity index (χ2v) is 9.89. The maximum atomic E-state index is 13.5. The van der Waals surface area contributed by atoms with E-state index >= 15 is 0 Å². The highest BCUT2D eigenvalue weighted by Crippen LogP contribution is 2.27. The van der Waals surface area contributed by atoms with E-state index in [-0.39, 0.29) is 30.9 Å². The zero-order chi connectivity index (χ0) is 26.4. The molecular formula is C29H37N5O3. The van der Waals surface area contributed by atoms with Crippen LogP contribution in [-0.2, 0) is 22.4 Å². The van der Waals surface area contributed by atoms with Gasteiger partial charge in [0.25, 0.3) is 0 Å². The van der Waals surface area contributed by atoms with E-state index in [4.69, 9.17) is 4.52 Å². The molecule has 1 aliphatic carbocycles. The molecule has 8 heteroatoms. The summed E-state index contributed by atoms with van der Waals surface area (Å²) in [6.07, 6.45) is 4.83. The molecule has 0 radical (unpaired) electrons. The Balaban J connectivity index is 1.50. The number of fused-ring (bicyclic) bond motifs is 1. The third kappa shape index (κ3) is 6.56. The number of unbranched alkanes of at least 4 members (excludes halogenated alkanes) is 2. The summed E-state index contributed by atoms with van der Waals surface area (Å²) in [4.78, 5) is 34.3. The van der Waals surface area contributed by atoms with Crippen LogP contribution in [0.5, 0.6) is 0 Å². The molecule has 1 heterocycles. The summed E-state index contributed by atoms with van der Waals surface area (Å²) in [5, 5.41) is 7.02. The van der Waals surface area contributed by atoms with Crippen molar-refractivity contribution in [1.29, 1.82) is 0 Å². The summed E-state index contributed by atoms with van der Waals surface area (Å²) >= 11 is 0. The fourth-order valence-corrected chi connectivity index (χ4v) is 4.91. The molecule has 0 spiro atoms. The Morgan fingerprint density at radius 3 is 2.41 bits per heavy atom. The molecule has 0 saturated carbocycles. The summed E-state index contributed by atoms with van der Waals surface area (Å²) in [6.45, 7) is 6.73. The van der Waals surface area contributed by atoms with E-state index in [1.165, 1.54) is 11.1 Å². The number of rotatable bonds is 11. The van der Waals surface area contributed by atoms with Crippen molar-refractivity contribution in [2.24, 2.45) is 0 Å². The van der Waals surface area contributed by atoms with Crippen LogP contribution in [0.15, 0.2) is 47.0 Å². The summed E-state index contributed by atoms with van der Waals surface area (Å²) in [7, 11) is 1.87. The molecule has 1 aromatic heterocycles. The molecule has 0 unspecified atom stereocenters. The molecule has 2 amide bonds. The van der Waals surface area contributed by atoms with Gasteiger partial charge in [0.1, 0.15) is 0 Å². The molecule has 1 N–H and O–H groups in total. The SMILES string of the molecule is CCCCCNC(=O)CN(CC(=O)N(C)C1Cc2ccccc2C1)c1ccc(-c2noc(C)n2)cc1C. The topological polar surface area (TPSA) is 91.6 Å². The maximum Gasteiger partial charge on any atom is 0.242 e. The van der Waals surface area contributed by atoms with Crippen LogP contribution in [0.1, 0.15) is 48.8 Å². The summed E-state index contributed by atoms with van der Waals surface area (Å²) in [5.74, 6) is 0.927. The zero-order valence-corrected chi connectivity index (χ0v) is 22.3. The molecule has 0 aliphatic heterocycles. The van der Waals surface area contributed by atoms with Crippen molar-refractivity contribution in [3.05, 3.63) is 65.0 Å². The number of carbonyl (C=O) groups is 2. The summed E-state index contributed by atoms with van der Waals surface area (Å²) < 4.78 is 5.12. The van der Waals surface area contributed by atoms with Crippen molar-refractivity contribution >= 4 is 17.5 Å². The first-order chi connectivity index (χ1) is 17.9. The van der Waals surface area contributed by atoms with Crippen LogP contribution < -0.4 is 10.2 Å². The number of likely N-dealkylation sites (N-methyl/N-ethyl adjacent to an activating group) is 1. The van der Waals surface area contributed by atoms with Crippen LogP contribution in [0.2, 0.25) is 0 Å². The van der Waals surface area contributed by atoms with Crippen LogP contribution in [0, 0.1) is 13.8 Å². The van der Waals surface area contributed by atoms with Gasteiger partial charge in [-0.25, -0.2) is 0 Å². The Labute approximate surface area is 219 Å². The van der Waals surface area contributed by atoms with Gasteiger partial charge in [0, 0.05) is 37.8 Å². The third-order valence-electron chi connectivity index (χ3n) is 7.06. The minimum atomic E-state index is -0.0860. The van der Waals surface area contributed by atoms with E-state index in [2.05, 4.69) is 34.5 Å². The van der Waals surface area contributed by atoms with E-state index in [0.717, 1.165) is 48.9 Å². The predicted octanol–water partition coefficient (Wildman–Crippen LogP) is 4.09. The first kappa shape index (κ1) is 26.4. The quantitative estimate of drug-likeness (QED) is 0.396. The molecular weight excluding hydrogens is 466 g/mol. The van der Waals surface area contributed by atoms with Gasteiger partial charge in [-0.1, -0.05) is 49.2 Å². The van der Waals surface area contributed by atoms with Crippen molar-refractivity contribution in [2.75, 3.05) is 31.6 Å². The Morgan fingerprint density at radius 2 is 1.78 bits per heavy atom. The lowest BCUT2D eigenvalue weighted by atomic mass is 10.1.